The molecule has 1 aliphatic rings. The van der Waals surface area contributed by atoms with Gasteiger partial charge in [0.05, 0.1) is 13.2 Å². The fraction of sp³-hybridized carbons (Fsp3) is 0.692. The van der Waals surface area contributed by atoms with Gasteiger partial charge in [-0.05, 0) is 38.2 Å². The molecule has 0 atom stereocenters. The predicted molar refractivity (Wildman–Crippen MR) is 63.2 cm³/mol. The quantitative estimate of drug-likeness (QED) is 0.420. The van der Waals surface area contributed by atoms with Crippen molar-refractivity contribution >= 4 is 5.97 Å². The van der Waals surface area contributed by atoms with Crippen LogP contribution in [0.15, 0.2) is 11.1 Å². The predicted octanol–water partition coefficient (Wildman–Crippen LogP) is 2.35. The molecule has 0 aromatic heterocycles. The molecule has 0 radical (unpaired) electrons. The third-order valence-corrected chi connectivity index (χ3v) is 2.76. The highest BCUT2D eigenvalue weighted by molar-refractivity contribution is 5.93. The number of hydrogen-bond donors (Lipinski definition) is 0. The molecule has 1 rings (SSSR count). The zero-order valence-electron chi connectivity index (χ0n) is 10.3. The molecule has 0 unspecified atom stereocenters. The van der Waals surface area contributed by atoms with E-state index in [-0.39, 0.29) is 5.57 Å². The third kappa shape index (κ3) is 4.58. The van der Waals surface area contributed by atoms with Crippen LogP contribution in [0.1, 0.15) is 39.0 Å². The van der Waals surface area contributed by atoms with Gasteiger partial charge in [-0.1, -0.05) is 6.42 Å². The maximum Gasteiger partial charge on any atom is 0.348 e. The van der Waals surface area contributed by atoms with E-state index in [0.29, 0.717) is 19.6 Å². The fourth-order valence-electron chi connectivity index (χ4n) is 1.86. The first kappa shape index (κ1) is 13.7. The minimum absolute atomic E-state index is 0.178. The number of carbonyl (C=O) groups is 1. The molecule has 0 aromatic carbocycles. The highest BCUT2D eigenvalue weighted by Gasteiger charge is 2.16. The van der Waals surface area contributed by atoms with E-state index in [1.54, 1.807) is 6.92 Å². The Bertz CT molecular complexity index is 316. The summed E-state index contributed by atoms with van der Waals surface area (Å²) in [6.07, 6.45) is 4.58. The number of hydrogen-bond acceptors (Lipinski definition) is 4. The van der Waals surface area contributed by atoms with E-state index in [0.717, 1.165) is 37.9 Å². The van der Waals surface area contributed by atoms with Gasteiger partial charge >= 0.3 is 5.97 Å². The Morgan fingerprint density at radius 3 is 2.88 bits per heavy atom. The van der Waals surface area contributed by atoms with Crippen molar-refractivity contribution < 1.29 is 14.3 Å². The summed E-state index contributed by atoms with van der Waals surface area (Å²) >= 11 is 0. The maximum absolute atomic E-state index is 11.6. The Morgan fingerprint density at radius 1 is 1.35 bits per heavy atom. The van der Waals surface area contributed by atoms with E-state index in [4.69, 9.17) is 14.7 Å². The van der Waals surface area contributed by atoms with Gasteiger partial charge in [-0.2, -0.15) is 5.26 Å². The molecule has 1 fully saturated rings. The normalized spacial score (nSPS) is 20.5. The maximum atomic E-state index is 11.6. The van der Waals surface area contributed by atoms with E-state index in [9.17, 15) is 4.79 Å². The average molecular weight is 237 g/mol. The van der Waals surface area contributed by atoms with Crippen molar-refractivity contribution in [1.82, 2.24) is 0 Å². The van der Waals surface area contributed by atoms with Gasteiger partial charge < -0.3 is 9.47 Å². The molecule has 0 aromatic rings. The van der Waals surface area contributed by atoms with Crippen molar-refractivity contribution in [1.29, 1.82) is 5.26 Å². The minimum Gasteiger partial charge on any atom is -0.462 e. The molecule has 0 amide bonds. The fourth-order valence-corrected chi connectivity index (χ4v) is 1.86. The van der Waals surface area contributed by atoms with Crippen LogP contribution in [-0.2, 0) is 14.3 Å². The lowest BCUT2D eigenvalue weighted by Gasteiger charge is -2.08. The van der Waals surface area contributed by atoms with E-state index < -0.39 is 5.97 Å². The number of nitriles is 1. The van der Waals surface area contributed by atoms with Crippen LogP contribution in [0.2, 0.25) is 0 Å². The average Bonchev–Trinajstić information content (AvgIpc) is 2.44. The summed E-state index contributed by atoms with van der Waals surface area (Å²) in [4.78, 5) is 11.6. The molecule has 0 bridgehead atoms. The molecule has 94 valence electrons. The lowest BCUT2D eigenvalue weighted by Crippen LogP contribution is -2.10. The van der Waals surface area contributed by atoms with E-state index in [1.165, 1.54) is 0 Å². The third-order valence-electron chi connectivity index (χ3n) is 2.76. The van der Waals surface area contributed by atoms with Gasteiger partial charge in [0.1, 0.15) is 11.6 Å². The van der Waals surface area contributed by atoms with Crippen LogP contribution in [-0.4, -0.2) is 25.8 Å². The van der Waals surface area contributed by atoms with Crippen LogP contribution in [0.25, 0.3) is 0 Å². The molecular formula is C13H19NO3. The van der Waals surface area contributed by atoms with Gasteiger partial charge in [0.15, 0.2) is 0 Å². The second-order valence-electron chi connectivity index (χ2n) is 3.98. The van der Waals surface area contributed by atoms with Crippen LogP contribution in [0.4, 0.5) is 0 Å². The lowest BCUT2D eigenvalue weighted by molar-refractivity contribution is -0.138. The molecule has 17 heavy (non-hydrogen) atoms. The van der Waals surface area contributed by atoms with E-state index in [1.807, 2.05) is 6.07 Å². The molecule has 0 N–H and O–H groups in total. The van der Waals surface area contributed by atoms with Gasteiger partial charge in [-0.3, -0.25) is 0 Å². The molecule has 1 heterocycles. The van der Waals surface area contributed by atoms with Gasteiger partial charge in [-0.15, -0.1) is 0 Å². The Balaban J connectivity index is 2.79. The largest absolute Gasteiger partial charge is 0.462 e. The van der Waals surface area contributed by atoms with Gasteiger partial charge in [-0.25, -0.2) is 4.79 Å². The number of nitrogens with zero attached hydrogens (tertiary/aromatic N) is 1. The van der Waals surface area contributed by atoms with Crippen molar-refractivity contribution in [2.75, 3.05) is 19.8 Å². The zero-order chi connectivity index (χ0) is 12.5. The van der Waals surface area contributed by atoms with Crippen molar-refractivity contribution in [2.24, 2.45) is 0 Å². The molecule has 1 saturated heterocycles. The number of esters is 1. The zero-order valence-corrected chi connectivity index (χ0v) is 10.3. The SMILES string of the molecule is CCOC(=O)/C(C#N)=C1\CCCCCOCC1. The highest BCUT2D eigenvalue weighted by Crippen LogP contribution is 2.20. The summed E-state index contributed by atoms with van der Waals surface area (Å²) in [6, 6.07) is 1.97. The summed E-state index contributed by atoms with van der Waals surface area (Å²) in [5, 5.41) is 9.06. The second kappa shape index (κ2) is 7.86. The number of ether oxygens (including phenoxy) is 2. The molecule has 0 spiro atoms. The molecule has 0 saturated carbocycles. The topological polar surface area (TPSA) is 59.3 Å². The van der Waals surface area contributed by atoms with Gasteiger partial charge in [0, 0.05) is 6.61 Å². The summed E-state index contributed by atoms with van der Waals surface area (Å²) in [5.74, 6) is -0.496. The Kier molecular flexibility index (Phi) is 6.34. The van der Waals surface area contributed by atoms with Crippen LogP contribution >= 0.6 is 0 Å². The molecule has 1 aliphatic heterocycles. The highest BCUT2D eigenvalue weighted by atomic mass is 16.5. The van der Waals surface area contributed by atoms with Crippen molar-refractivity contribution in [2.45, 2.75) is 39.0 Å². The van der Waals surface area contributed by atoms with Crippen LogP contribution in [0, 0.1) is 11.3 Å². The second-order valence-corrected chi connectivity index (χ2v) is 3.98. The van der Waals surface area contributed by atoms with E-state index >= 15 is 0 Å². The molecule has 4 nitrogen and oxygen atoms in total. The van der Waals surface area contributed by atoms with Crippen LogP contribution in [0.5, 0.6) is 0 Å². The lowest BCUT2D eigenvalue weighted by atomic mass is 10.00. The number of rotatable bonds is 2. The van der Waals surface area contributed by atoms with Crippen molar-refractivity contribution in [3.05, 3.63) is 11.1 Å². The smallest absolute Gasteiger partial charge is 0.348 e. The van der Waals surface area contributed by atoms with E-state index in [2.05, 4.69) is 0 Å². The van der Waals surface area contributed by atoms with Crippen molar-refractivity contribution in [3.8, 4) is 6.07 Å². The Hall–Kier alpha value is -1.34. The van der Waals surface area contributed by atoms with Crippen molar-refractivity contribution in [3.63, 3.8) is 0 Å². The first-order chi connectivity index (χ1) is 8.29. The van der Waals surface area contributed by atoms with Crippen LogP contribution in [0.3, 0.4) is 0 Å². The summed E-state index contributed by atoms with van der Waals surface area (Å²) in [7, 11) is 0. The number of carbonyl (C=O) groups excluding carboxylic acids is 1. The first-order valence-electron chi connectivity index (χ1n) is 6.16. The minimum atomic E-state index is -0.496. The van der Waals surface area contributed by atoms with Gasteiger partial charge in [0.2, 0.25) is 0 Å². The molecular weight excluding hydrogens is 218 g/mol. The van der Waals surface area contributed by atoms with Crippen LogP contribution < -0.4 is 0 Å². The Morgan fingerprint density at radius 2 is 2.18 bits per heavy atom. The monoisotopic (exact) mass is 237 g/mol. The molecule has 4 heteroatoms. The summed E-state index contributed by atoms with van der Waals surface area (Å²) < 4.78 is 10.3. The summed E-state index contributed by atoms with van der Waals surface area (Å²) in [5.41, 5.74) is 1.06. The first-order valence-corrected chi connectivity index (χ1v) is 6.16. The Labute approximate surface area is 102 Å². The van der Waals surface area contributed by atoms with Gasteiger partial charge in [0.25, 0.3) is 0 Å². The standard InChI is InChI=1S/C13H19NO3/c1-2-17-13(15)12(10-14)11-6-4-3-5-8-16-9-7-11/h2-9H2,1H3/b12-11+. The summed E-state index contributed by atoms with van der Waals surface area (Å²) in [6.45, 7) is 3.39. The molecule has 0 aliphatic carbocycles.